The molecular weight excluding hydrogens is 304 g/mol. The number of aliphatic imine (C=N–C) groups is 1. The van der Waals surface area contributed by atoms with Gasteiger partial charge in [-0.1, -0.05) is 12.1 Å². The van der Waals surface area contributed by atoms with Crippen molar-refractivity contribution in [1.82, 2.24) is 5.06 Å². The van der Waals surface area contributed by atoms with Crippen molar-refractivity contribution in [2.24, 2.45) is 4.99 Å². The third-order valence-electron chi connectivity index (χ3n) is 4.53. The molecule has 2 heterocycles. The number of hydrogen-bond acceptors (Lipinski definition) is 5. The second-order valence-electron chi connectivity index (χ2n) is 8.39. The zero-order chi connectivity index (χ0) is 17.8. The van der Waals surface area contributed by atoms with E-state index in [0.29, 0.717) is 12.5 Å². The highest BCUT2D eigenvalue weighted by Crippen LogP contribution is 2.51. The molecule has 0 unspecified atom stereocenters. The Kier molecular flexibility index (Phi) is 3.92. The molecular formula is C19H28N2O3. The van der Waals surface area contributed by atoms with Crippen LogP contribution in [0.25, 0.3) is 0 Å². The first-order chi connectivity index (χ1) is 11.1. The fourth-order valence-corrected chi connectivity index (χ4v) is 3.24. The molecule has 2 aliphatic heterocycles. The van der Waals surface area contributed by atoms with Crippen molar-refractivity contribution in [2.75, 3.05) is 13.7 Å². The van der Waals surface area contributed by atoms with E-state index in [1.807, 2.05) is 17.2 Å². The van der Waals surface area contributed by atoms with Gasteiger partial charge in [-0.15, -0.1) is 0 Å². The van der Waals surface area contributed by atoms with Gasteiger partial charge in [-0.25, -0.2) is 4.99 Å². The summed E-state index contributed by atoms with van der Waals surface area (Å²) in [5.41, 5.74) is 0.249. The SMILES string of the molecule is COc1ccc([C@H]2N(C(C)(C)C)O[C@@]2(C)C2=NC(C)(C)CO2)cc1. The summed E-state index contributed by atoms with van der Waals surface area (Å²) in [6, 6.07) is 8.18. The zero-order valence-electron chi connectivity index (χ0n) is 15.7. The Hall–Kier alpha value is -1.59. The number of hydroxylamine groups is 2. The van der Waals surface area contributed by atoms with E-state index in [-0.39, 0.29) is 17.1 Å². The highest BCUT2D eigenvalue weighted by molar-refractivity contribution is 5.88. The number of hydrogen-bond donors (Lipinski definition) is 0. The number of ether oxygens (including phenoxy) is 2. The molecule has 0 amide bonds. The van der Waals surface area contributed by atoms with Crippen LogP contribution in [0.15, 0.2) is 29.3 Å². The minimum atomic E-state index is -0.588. The standard InChI is InChI=1S/C19H28N2O3/c1-17(2,3)21-15(13-8-10-14(22-7)11-9-13)19(6,24-21)16-20-18(4,5)12-23-16/h8-11,15H,12H2,1-7H3/t15-,19-/m1/s1. The van der Waals surface area contributed by atoms with E-state index in [0.717, 1.165) is 11.3 Å². The summed E-state index contributed by atoms with van der Waals surface area (Å²) in [5.74, 6) is 1.53. The smallest absolute Gasteiger partial charge is 0.221 e. The lowest BCUT2D eigenvalue weighted by atomic mass is 9.83. The summed E-state index contributed by atoms with van der Waals surface area (Å²) in [4.78, 5) is 11.0. The topological polar surface area (TPSA) is 43.3 Å². The Morgan fingerprint density at radius 1 is 1.17 bits per heavy atom. The minimum absolute atomic E-state index is 0.0380. The second-order valence-corrected chi connectivity index (χ2v) is 8.39. The summed E-state index contributed by atoms with van der Waals surface area (Å²) < 4.78 is 11.2. The first-order valence-corrected chi connectivity index (χ1v) is 8.42. The predicted octanol–water partition coefficient (Wildman–Crippen LogP) is 3.75. The van der Waals surface area contributed by atoms with Crippen LogP contribution in [0.3, 0.4) is 0 Å². The molecule has 5 heteroatoms. The maximum atomic E-state index is 6.24. The highest BCUT2D eigenvalue weighted by atomic mass is 16.8. The number of nitrogens with zero attached hydrogens (tertiary/aromatic N) is 2. The van der Waals surface area contributed by atoms with Crippen LogP contribution in [-0.2, 0) is 9.57 Å². The number of methoxy groups -OCH3 is 1. The molecule has 132 valence electrons. The lowest BCUT2D eigenvalue weighted by molar-refractivity contribution is -0.399. The molecule has 3 rings (SSSR count). The van der Waals surface area contributed by atoms with Gasteiger partial charge in [0.1, 0.15) is 18.4 Å². The average Bonchev–Trinajstić information content (AvgIpc) is 2.84. The van der Waals surface area contributed by atoms with Crippen molar-refractivity contribution in [3.63, 3.8) is 0 Å². The predicted molar refractivity (Wildman–Crippen MR) is 94.3 cm³/mol. The van der Waals surface area contributed by atoms with Gasteiger partial charge in [0, 0.05) is 5.54 Å². The Morgan fingerprint density at radius 3 is 2.25 bits per heavy atom. The van der Waals surface area contributed by atoms with E-state index in [1.165, 1.54) is 0 Å². The summed E-state index contributed by atoms with van der Waals surface area (Å²) >= 11 is 0. The molecule has 0 aliphatic carbocycles. The van der Waals surface area contributed by atoms with Gasteiger partial charge in [-0.05, 0) is 59.2 Å². The molecule has 0 radical (unpaired) electrons. The molecule has 24 heavy (non-hydrogen) atoms. The van der Waals surface area contributed by atoms with Gasteiger partial charge >= 0.3 is 0 Å². The molecule has 0 spiro atoms. The third-order valence-corrected chi connectivity index (χ3v) is 4.53. The molecule has 0 saturated carbocycles. The van der Waals surface area contributed by atoms with Gasteiger partial charge in [0.15, 0.2) is 5.60 Å². The van der Waals surface area contributed by atoms with Crippen molar-refractivity contribution in [2.45, 2.75) is 64.3 Å². The molecule has 2 aliphatic rings. The fraction of sp³-hybridized carbons (Fsp3) is 0.632. The van der Waals surface area contributed by atoms with Gasteiger partial charge in [-0.3, -0.25) is 4.84 Å². The summed E-state index contributed by atoms with van der Waals surface area (Å²) in [6.07, 6.45) is 0. The second kappa shape index (κ2) is 5.46. The quantitative estimate of drug-likeness (QED) is 0.845. The molecule has 0 N–H and O–H groups in total. The normalized spacial score (nSPS) is 29.6. The average molecular weight is 332 g/mol. The Labute approximate surface area is 144 Å². The molecule has 1 fully saturated rings. The van der Waals surface area contributed by atoms with Crippen LogP contribution in [0.5, 0.6) is 5.75 Å². The van der Waals surface area contributed by atoms with Gasteiger partial charge < -0.3 is 9.47 Å². The summed E-state index contributed by atoms with van der Waals surface area (Å²) in [5, 5.41) is 2.03. The van der Waals surface area contributed by atoms with Crippen LogP contribution in [0.4, 0.5) is 0 Å². The molecule has 1 aromatic rings. The van der Waals surface area contributed by atoms with E-state index < -0.39 is 5.60 Å². The van der Waals surface area contributed by atoms with Crippen LogP contribution < -0.4 is 4.74 Å². The maximum Gasteiger partial charge on any atom is 0.221 e. The zero-order valence-corrected chi connectivity index (χ0v) is 15.7. The van der Waals surface area contributed by atoms with Crippen molar-refractivity contribution in [1.29, 1.82) is 0 Å². The number of rotatable bonds is 3. The molecule has 2 atom stereocenters. The lowest BCUT2D eigenvalue weighted by Gasteiger charge is -2.58. The lowest BCUT2D eigenvalue weighted by Crippen LogP contribution is -2.68. The fourth-order valence-electron chi connectivity index (χ4n) is 3.24. The summed E-state index contributed by atoms with van der Waals surface area (Å²) in [7, 11) is 1.68. The molecule has 5 nitrogen and oxygen atoms in total. The minimum Gasteiger partial charge on any atom is -0.497 e. The van der Waals surface area contributed by atoms with E-state index in [1.54, 1.807) is 7.11 Å². The van der Waals surface area contributed by atoms with Crippen LogP contribution in [0, 0.1) is 0 Å². The highest BCUT2D eigenvalue weighted by Gasteiger charge is 2.61. The van der Waals surface area contributed by atoms with Crippen LogP contribution in [0.1, 0.15) is 53.1 Å². The van der Waals surface area contributed by atoms with Gasteiger partial charge in [-0.2, -0.15) is 5.06 Å². The Bertz CT molecular complexity index is 646. The van der Waals surface area contributed by atoms with E-state index in [4.69, 9.17) is 19.3 Å². The van der Waals surface area contributed by atoms with Crippen molar-refractivity contribution >= 4 is 5.90 Å². The first kappa shape index (κ1) is 17.2. The molecule has 0 bridgehead atoms. The largest absolute Gasteiger partial charge is 0.497 e. The monoisotopic (exact) mass is 332 g/mol. The van der Waals surface area contributed by atoms with Gasteiger partial charge in [0.25, 0.3) is 0 Å². The molecule has 1 aromatic carbocycles. The summed E-state index contributed by atoms with van der Waals surface area (Å²) in [6.45, 7) is 13.2. The van der Waals surface area contributed by atoms with Crippen molar-refractivity contribution < 1.29 is 14.3 Å². The number of benzene rings is 1. The van der Waals surface area contributed by atoms with Crippen LogP contribution in [-0.4, -0.2) is 41.4 Å². The first-order valence-electron chi connectivity index (χ1n) is 8.42. The Balaban J connectivity index is 1.98. The van der Waals surface area contributed by atoms with Crippen LogP contribution >= 0.6 is 0 Å². The molecule has 1 saturated heterocycles. The Morgan fingerprint density at radius 2 is 1.79 bits per heavy atom. The van der Waals surface area contributed by atoms with E-state index in [2.05, 4.69) is 53.7 Å². The third kappa shape index (κ3) is 2.80. The van der Waals surface area contributed by atoms with Crippen molar-refractivity contribution in [3.05, 3.63) is 29.8 Å². The van der Waals surface area contributed by atoms with E-state index >= 15 is 0 Å². The van der Waals surface area contributed by atoms with Crippen molar-refractivity contribution in [3.8, 4) is 5.75 Å². The van der Waals surface area contributed by atoms with Crippen LogP contribution in [0.2, 0.25) is 0 Å². The van der Waals surface area contributed by atoms with Gasteiger partial charge in [0.05, 0.1) is 12.6 Å². The van der Waals surface area contributed by atoms with E-state index in [9.17, 15) is 0 Å². The molecule has 0 aromatic heterocycles. The van der Waals surface area contributed by atoms with Gasteiger partial charge in [0.2, 0.25) is 5.90 Å². The maximum absolute atomic E-state index is 6.24.